The Balaban J connectivity index is 3.45. The van der Waals surface area contributed by atoms with Crippen LogP contribution in [0.3, 0.4) is 0 Å². The van der Waals surface area contributed by atoms with Gasteiger partial charge in [-0.05, 0) is 6.07 Å². The molecule has 11 heteroatoms. The van der Waals surface area contributed by atoms with E-state index in [-0.39, 0.29) is 6.07 Å². The first kappa shape index (κ1) is 17.3. The van der Waals surface area contributed by atoms with Crippen LogP contribution in [-0.4, -0.2) is 22.4 Å². The summed E-state index contributed by atoms with van der Waals surface area (Å²) in [6, 6.07) is 0.0382. The second-order valence-corrected chi connectivity index (χ2v) is 3.94. The molecule has 0 fully saturated rings. The lowest BCUT2D eigenvalue weighted by molar-refractivity contribution is -0.275. The number of carboxylic acid groups (broad SMARTS) is 1. The number of aromatic nitrogens is 1. The molecule has 0 aliphatic carbocycles. The average molecular weight is 338 g/mol. The summed E-state index contributed by atoms with van der Waals surface area (Å²) in [6.07, 6.45) is -11.4. The van der Waals surface area contributed by atoms with Crippen molar-refractivity contribution in [1.82, 2.24) is 4.98 Å². The van der Waals surface area contributed by atoms with Crippen LogP contribution in [-0.2, 0) is 23.3 Å². The van der Waals surface area contributed by atoms with Crippen molar-refractivity contribution in [2.75, 3.05) is 0 Å². The van der Waals surface area contributed by atoms with E-state index in [4.69, 9.17) is 16.7 Å². The quantitative estimate of drug-likeness (QED) is 0.676. The highest BCUT2D eigenvalue weighted by Crippen LogP contribution is 2.37. The number of pyridine rings is 1. The van der Waals surface area contributed by atoms with E-state index in [1.165, 1.54) is 0 Å². The van der Waals surface area contributed by atoms with Gasteiger partial charge in [-0.25, -0.2) is 0 Å². The minimum absolute atomic E-state index is 0.0382. The molecule has 0 aromatic carbocycles. The fourth-order valence-corrected chi connectivity index (χ4v) is 1.61. The van der Waals surface area contributed by atoms with Crippen molar-refractivity contribution in [1.29, 1.82) is 0 Å². The number of rotatable bonds is 4. The zero-order chi connectivity index (χ0) is 16.4. The molecule has 0 amide bonds. The highest BCUT2D eigenvalue weighted by atomic mass is 35.5. The van der Waals surface area contributed by atoms with Crippen LogP contribution in [0.4, 0.5) is 26.3 Å². The van der Waals surface area contributed by atoms with Gasteiger partial charge in [0.05, 0.1) is 29.3 Å². The second-order valence-electron chi connectivity index (χ2n) is 3.68. The molecule has 118 valence electrons. The Labute approximate surface area is 118 Å². The third-order valence-electron chi connectivity index (χ3n) is 2.12. The largest absolute Gasteiger partial charge is 0.573 e. The fraction of sp³-hybridized carbons (Fsp3) is 0.400. The number of nitrogens with zero attached hydrogens (tertiary/aromatic N) is 1. The third kappa shape index (κ3) is 4.96. The van der Waals surface area contributed by atoms with Crippen molar-refractivity contribution >= 4 is 17.6 Å². The molecule has 0 atom stereocenters. The second kappa shape index (κ2) is 5.96. The van der Waals surface area contributed by atoms with E-state index in [0.717, 1.165) is 0 Å². The minimum Gasteiger partial charge on any atom is -0.481 e. The number of hydrogen-bond acceptors (Lipinski definition) is 3. The molecule has 4 nitrogen and oxygen atoms in total. The molecule has 1 heterocycles. The molecule has 21 heavy (non-hydrogen) atoms. The Morgan fingerprint density at radius 1 is 1.24 bits per heavy atom. The lowest BCUT2D eigenvalue weighted by Crippen LogP contribution is -2.21. The van der Waals surface area contributed by atoms with Crippen LogP contribution in [0.25, 0.3) is 0 Å². The molecule has 0 aliphatic rings. The maximum absolute atomic E-state index is 12.7. The van der Waals surface area contributed by atoms with E-state index in [1.807, 2.05) is 0 Å². The monoisotopic (exact) mass is 337 g/mol. The number of halogens is 7. The first-order valence-corrected chi connectivity index (χ1v) is 5.61. The van der Waals surface area contributed by atoms with Gasteiger partial charge in [-0.15, -0.1) is 24.8 Å². The predicted octanol–water partition coefficient (Wildman–Crippen LogP) is 3.36. The van der Waals surface area contributed by atoms with Crippen LogP contribution in [0, 0.1) is 0 Å². The molecule has 1 N–H and O–H groups in total. The van der Waals surface area contributed by atoms with Crippen LogP contribution in [0.15, 0.2) is 6.07 Å². The number of hydrogen-bond donors (Lipinski definition) is 1. The summed E-state index contributed by atoms with van der Waals surface area (Å²) in [5.41, 5.74) is -3.11. The van der Waals surface area contributed by atoms with Gasteiger partial charge in [0.15, 0.2) is 5.75 Å². The first-order chi connectivity index (χ1) is 9.44. The van der Waals surface area contributed by atoms with Crippen LogP contribution in [0.2, 0.25) is 0 Å². The van der Waals surface area contributed by atoms with Gasteiger partial charge < -0.3 is 9.84 Å². The van der Waals surface area contributed by atoms with Crippen LogP contribution in [0.1, 0.15) is 17.0 Å². The predicted molar refractivity (Wildman–Crippen MR) is 56.8 cm³/mol. The topological polar surface area (TPSA) is 59.4 Å². The summed E-state index contributed by atoms with van der Waals surface area (Å²) in [4.78, 5) is 13.8. The molecule has 0 unspecified atom stereocenters. The Kier molecular flexibility index (Phi) is 4.92. The van der Waals surface area contributed by atoms with Crippen molar-refractivity contribution in [3.63, 3.8) is 0 Å². The molecule has 0 spiro atoms. The Hall–Kier alpha value is -1.71. The van der Waals surface area contributed by atoms with Gasteiger partial charge in [0.2, 0.25) is 0 Å². The van der Waals surface area contributed by atoms with Gasteiger partial charge in [-0.1, -0.05) is 0 Å². The van der Waals surface area contributed by atoms with Crippen molar-refractivity contribution in [2.24, 2.45) is 0 Å². The van der Waals surface area contributed by atoms with Crippen molar-refractivity contribution in [3.8, 4) is 5.75 Å². The number of aliphatic carboxylic acids is 1. The number of ether oxygens (including phenoxy) is 1. The maximum atomic E-state index is 12.7. The summed E-state index contributed by atoms with van der Waals surface area (Å²) < 4.78 is 78.0. The standard InChI is InChI=1S/C10H6ClF6NO3/c11-3-6-4(9(12,13)14)1-7(21-10(15,16)17)5(18-6)2-8(19)20/h1H,2-3H2,(H,19,20). The molecule has 0 bridgehead atoms. The summed E-state index contributed by atoms with van der Waals surface area (Å²) >= 11 is 5.26. The molecule has 0 radical (unpaired) electrons. The van der Waals surface area contributed by atoms with E-state index in [9.17, 15) is 31.1 Å². The normalized spacial score (nSPS) is 12.3. The van der Waals surface area contributed by atoms with Gasteiger partial charge in [0.25, 0.3) is 0 Å². The van der Waals surface area contributed by atoms with Crippen LogP contribution >= 0.6 is 11.6 Å². The lowest BCUT2D eigenvalue weighted by Gasteiger charge is -2.17. The van der Waals surface area contributed by atoms with Crippen LogP contribution < -0.4 is 4.74 Å². The number of alkyl halides is 7. The Morgan fingerprint density at radius 2 is 1.81 bits per heavy atom. The van der Waals surface area contributed by atoms with Crippen molar-refractivity contribution in [2.45, 2.75) is 24.8 Å². The van der Waals surface area contributed by atoms with Gasteiger partial charge in [0.1, 0.15) is 0 Å². The van der Waals surface area contributed by atoms with Gasteiger partial charge in [-0.2, -0.15) is 13.2 Å². The number of carbonyl (C=O) groups is 1. The van der Waals surface area contributed by atoms with E-state index >= 15 is 0 Å². The van der Waals surface area contributed by atoms with Gasteiger partial charge in [-0.3, -0.25) is 9.78 Å². The summed E-state index contributed by atoms with van der Waals surface area (Å²) in [5.74, 6) is -3.67. The Morgan fingerprint density at radius 3 is 2.19 bits per heavy atom. The number of carboxylic acids is 1. The van der Waals surface area contributed by atoms with E-state index < -0.39 is 53.5 Å². The zero-order valence-electron chi connectivity index (χ0n) is 9.85. The van der Waals surface area contributed by atoms with Gasteiger partial charge in [0, 0.05) is 0 Å². The van der Waals surface area contributed by atoms with Crippen molar-refractivity contribution in [3.05, 3.63) is 23.0 Å². The summed E-state index contributed by atoms with van der Waals surface area (Å²) in [5, 5.41) is 8.55. The maximum Gasteiger partial charge on any atom is 0.573 e. The molecular weight excluding hydrogens is 332 g/mol. The molecule has 0 aliphatic heterocycles. The lowest BCUT2D eigenvalue weighted by atomic mass is 10.1. The first-order valence-electron chi connectivity index (χ1n) is 5.07. The highest BCUT2D eigenvalue weighted by Gasteiger charge is 2.38. The zero-order valence-corrected chi connectivity index (χ0v) is 10.6. The van der Waals surface area contributed by atoms with Gasteiger partial charge >= 0.3 is 18.5 Å². The van der Waals surface area contributed by atoms with E-state index in [2.05, 4.69) is 9.72 Å². The highest BCUT2D eigenvalue weighted by molar-refractivity contribution is 6.17. The van der Waals surface area contributed by atoms with E-state index in [1.54, 1.807) is 0 Å². The SMILES string of the molecule is O=C(O)Cc1nc(CCl)c(C(F)(F)F)cc1OC(F)(F)F. The smallest absolute Gasteiger partial charge is 0.481 e. The van der Waals surface area contributed by atoms with Crippen LogP contribution in [0.5, 0.6) is 5.75 Å². The molecule has 1 aromatic rings. The summed E-state index contributed by atoms with van der Waals surface area (Å²) in [6.45, 7) is 0. The van der Waals surface area contributed by atoms with E-state index in [0.29, 0.717) is 0 Å². The minimum atomic E-state index is -5.29. The Bertz CT molecular complexity index is 543. The molecule has 0 saturated heterocycles. The fourth-order valence-electron chi connectivity index (χ4n) is 1.41. The summed E-state index contributed by atoms with van der Waals surface area (Å²) in [7, 11) is 0. The molecule has 1 aromatic heterocycles. The molecule has 1 rings (SSSR count). The van der Waals surface area contributed by atoms with Crippen molar-refractivity contribution < 1.29 is 41.0 Å². The molecular formula is C10H6ClF6NO3. The third-order valence-corrected chi connectivity index (χ3v) is 2.37. The average Bonchev–Trinajstić information content (AvgIpc) is 2.26. The molecule has 0 saturated carbocycles.